The largest absolute Gasteiger partial charge is 0.484 e. The van der Waals surface area contributed by atoms with E-state index in [1.807, 2.05) is 6.92 Å². The fourth-order valence-corrected chi connectivity index (χ4v) is 2.02. The molecule has 1 atom stereocenters. The molecule has 0 radical (unpaired) electrons. The number of benzene rings is 1. The lowest BCUT2D eigenvalue weighted by Gasteiger charge is -2.22. The number of carbonyl (C=O) groups is 1. The first-order chi connectivity index (χ1) is 9.15. The first-order valence-electron chi connectivity index (χ1n) is 6.53. The van der Waals surface area contributed by atoms with Gasteiger partial charge in [-0.05, 0) is 37.6 Å². The number of rotatable bonds is 3. The molecule has 2 rings (SSSR count). The molecule has 104 valence electrons. The second-order valence-electron chi connectivity index (χ2n) is 4.73. The fourth-order valence-electron chi connectivity index (χ4n) is 2.02. The number of ether oxygens (including phenoxy) is 2. The zero-order valence-electron chi connectivity index (χ0n) is 11.2. The Kier molecular flexibility index (Phi) is 4.63. The first kappa shape index (κ1) is 13.7. The van der Waals surface area contributed by atoms with Crippen molar-refractivity contribution < 1.29 is 14.3 Å². The van der Waals surface area contributed by atoms with E-state index in [-0.39, 0.29) is 18.6 Å². The Balaban J connectivity index is 1.84. The molecule has 1 unspecified atom stereocenters. The van der Waals surface area contributed by atoms with Crippen molar-refractivity contribution in [3.63, 3.8) is 0 Å². The van der Waals surface area contributed by atoms with E-state index in [0.717, 1.165) is 13.0 Å². The average molecular weight is 264 g/mol. The minimum Gasteiger partial charge on any atom is -0.484 e. The normalized spacial score (nSPS) is 19.8. The predicted molar refractivity (Wildman–Crippen MR) is 73.0 cm³/mol. The van der Waals surface area contributed by atoms with E-state index in [4.69, 9.17) is 15.2 Å². The number of anilines is 1. The molecular formula is C14H20N2O3. The van der Waals surface area contributed by atoms with E-state index < -0.39 is 0 Å². The molecule has 0 aromatic heterocycles. The van der Waals surface area contributed by atoms with Gasteiger partial charge in [-0.25, -0.2) is 0 Å². The van der Waals surface area contributed by atoms with Gasteiger partial charge in [0.25, 0.3) is 5.91 Å². The quantitative estimate of drug-likeness (QED) is 0.835. The highest BCUT2D eigenvalue weighted by Crippen LogP contribution is 2.13. The number of hydrogen-bond acceptors (Lipinski definition) is 4. The molecule has 0 aliphatic carbocycles. The second kappa shape index (κ2) is 6.43. The lowest BCUT2D eigenvalue weighted by molar-refractivity contribution is -0.134. The summed E-state index contributed by atoms with van der Waals surface area (Å²) in [7, 11) is 0. The Labute approximate surface area is 113 Å². The molecule has 2 N–H and O–H groups in total. The molecular weight excluding hydrogens is 244 g/mol. The van der Waals surface area contributed by atoms with Crippen LogP contribution >= 0.6 is 0 Å². The van der Waals surface area contributed by atoms with Gasteiger partial charge in [0, 0.05) is 25.4 Å². The average Bonchev–Trinajstić information content (AvgIpc) is 2.62. The van der Waals surface area contributed by atoms with Crippen LogP contribution in [0.4, 0.5) is 5.69 Å². The summed E-state index contributed by atoms with van der Waals surface area (Å²) in [4.78, 5) is 13.9. The fraction of sp³-hybridized carbons (Fsp3) is 0.500. The van der Waals surface area contributed by atoms with E-state index in [0.29, 0.717) is 24.6 Å². The highest BCUT2D eigenvalue weighted by molar-refractivity contribution is 5.77. The summed E-state index contributed by atoms with van der Waals surface area (Å²) in [6, 6.07) is 7.02. The standard InChI is InChI=1S/C14H20N2O3/c1-11-9-16(7-2-8-18-11)14(17)10-19-13-5-3-12(15)4-6-13/h3-6,11H,2,7-10,15H2,1H3. The minimum atomic E-state index is -0.00539. The predicted octanol–water partition coefficient (Wildman–Crippen LogP) is 1.28. The Hall–Kier alpha value is -1.75. The summed E-state index contributed by atoms with van der Waals surface area (Å²) in [5.41, 5.74) is 6.27. The van der Waals surface area contributed by atoms with E-state index in [1.54, 1.807) is 29.2 Å². The number of carbonyl (C=O) groups excluding carboxylic acids is 1. The molecule has 1 fully saturated rings. The van der Waals surface area contributed by atoms with Crippen LogP contribution in [0.3, 0.4) is 0 Å². The highest BCUT2D eigenvalue weighted by Gasteiger charge is 2.19. The van der Waals surface area contributed by atoms with Crippen molar-refractivity contribution in [1.82, 2.24) is 4.90 Å². The highest BCUT2D eigenvalue weighted by atomic mass is 16.5. The molecule has 0 spiro atoms. The van der Waals surface area contributed by atoms with E-state index in [9.17, 15) is 4.79 Å². The zero-order chi connectivity index (χ0) is 13.7. The Bertz CT molecular complexity index is 419. The van der Waals surface area contributed by atoms with Crippen molar-refractivity contribution in [2.45, 2.75) is 19.4 Å². The zero-order valence-corrected chi connectivity index (χ0v) is 11.2. The molecule has 1 amide bonds. The van der Waals surface area contributed by atoms with E-state index >= 15 is 0 Å². The number of nitrogen functional groups attached to an aromatic ring is 1. The van der Waals surface area contributed by atoms with Gasteiger partial charge in [0.2, 0.25) is 0 Å². The van der Waals surface area contributed by atoms with Crippen molar-refractivity contribution in [1.29, 1.82) is 0 Å². The van der Waals surface area contributed by atoms with Gasteiger partial charge in [0.05, 0.1) is 6.10 Å². The molecule has 1 aromatic rings. The van der Waals surface area contributed by atoms with Crippen molar-refractivity contribution in [3.8, 4) is 5.75 Å². The van der Waals surface area contributed by atoms with Gasteiger partial charge in [-0.1, -0.05) is 0 Å². The smallest absolute Gasteiger partial charge is 0.260 e. The van der Waals surface area contributed by atoms with Crippen LogP contribution in [-0.4, -0.2) is 43.2 Å². The molecule has 0 saturated carbocycles. The molecule has 1 aromatic carbocycles. The maximum Gasteiger partial charge on any atom is 0.260 e. The monoisotopic (exact) mass is 264 g/mol. The third-order valence-corrected chi connectivity index (χ3v) is 3.05. The van der Waals surface area contributed by atoms with Gasteiger partial charge in [-0.15, -0.1) is 0 Å². The van der Waals surface area contributed by atoms with Crippen LogP contribution in [0.25, 0.3) is 0 Å². The lowest BCUT2D eigenvalue weighted by atomic mass is 10.3. The SMILES string of the molecule is CC1CN(C(=O)COc2ccc(N)cc2)CCCO1. The number of amides is 1. The minimum absolute atomic E-state index is 0.00539. The third-order valence-electron chi connectivity index (χ3n) is 3.05. The van der Waals surface area contributed by atoms with Gasteiger partial charge < -0.3 is 20.1 Å². The Morgan fingerprint density at radius 3 is 2.95 bits per heavy atom. The second-order valence-corrected chi connectivity index (χ2v) is 4.73. The van der Waals surface area contributed by atoms with Gasteiger partial charge in [-0.3, -0.25) is 4.79 Å². The van der Waals surface area contributed by atoms with Gasteiger partial charge in [-0.2, -0.15) is 0 Å². The van der Waals surface area contributed by atoms with Crippen molar-refractivity contribution >= 4 is 11.6 Å². The van der Waals surface area contributed by atoms with Crippen LogP contribution in [0.1, 0.15) is 13.3 Å². The van der Waals surface area contributed by atoms with Crippen LogP contribution in [0.15, 0.2) is 24.3 Å². The molecule has 5 heteroatoms. The summed E-state index contributed by atoms with van der Waals surface area (Å²) in [6.07, 6.45) is 0.959. The summed E-state index contributed by atoms with van der Waals surface area (Å²) in [5.74, 6) is 0.649. The summed E-state index contributed by atoms with van der Waals surface area (Å²) in [6.45, 7) is 4.10. The summed E-state index contributed by atoms with van der Waals surface area (Å²) < 4.78 is 11.0. The van der Waals surface area contributed by atoms with Crippen LogP contribution in [0.5, 0.6) is 5.75 Å². The van der Waals surface area contributed by atoms with Crippen molar-refractivity contribution in [3.05, 3.63) is 24.3 Å². The van der Waals surface area contributed by atoms with Crippen LogP contribution in [0, 0.1) is 0 Å². The molecule has 5 nitrogen and oxygen atoms in total. The summed E-state index contributed by atoms with van der Waals surface area (Å²) in [5, 5.41) is 0. The van der Waals surface area contributed by atoms with Crippen LogP contribution in [0.2, 0.25) is 0 Å². The molecule has 1 aliphatic rings. The molecule has 0 bridgehead atoms. The maximum absolute atomic E-state index is 12.1. The van der Waals surface area contributed by atoms with E-state index in [1.165, 1.54) is 0 Å². The molecule has 1 saturated heterocycles. The summed E-state index contributed by atoms with van der Waals surface area (Å²) >= 11 is 0. The topological polar surface area (TPSA) is 64.8 Å². The third kappa shape index (κ3) is 4.13. The van der Waals surface area contributed by atoms with Gasteiger partial charge in [0.15, 0.2) is 6.61 Å². The first-order valence-corrected chi connectivity index (χ1v) is 6.53. The number of nitrogens with two attached hydrogens (primary N) is 1. The van der Waals surface area contributed by atoms with Crippen molar-refractivity contribution in [2.24, 2.45) is 0 Å². The Morgan fingerprint density at radius 1 is 1.47 bits per heavy atom. The van der Waals surface area contributed by atoms with Crippen LogP contribution < -0.4 is 10.5 Å². The number of nitrogens with zero attached hydrogens (tertiary/aromatic N) is 1. The van der Waals surface area contributed by atoms with Crippen LogP contribution in [-0.2, 0) is 9.53 Å². The van der Waals surface area contributed by atoms with Gasteiger partial charge >= 0.3 is 0 Å². The van der Waals surface area contributed by atoms with Gasteiger partial charge in [0.1, 0.15) is 5.75 Å². The Morgan fingerprint density at radius 2 is 2.21 bits per heavy atom. The lowest BCUT2D eigenvalue weighted by Crippen LogP contribution is -2.38. The number of hydrogen-bond donors (Lipinski definition) is 1. The molecule has 1 aliphatic heterocycles. The van der Waals surface area contributed by atoms with Crippen molar-refractivity contribution in [2.75, 3.05) is 32.0 Å². The molecule has 1 heterocycles. The molecule has 19 heavy (non-hydrogen) atoms. The maximum atomic E-state index is 12.1. The van der Waals surface area contributed by atoms with E-state index in [2.05, 4.69) is 0 Å².